The molecular formula is C28H32ClN3O5S. The molecule has 0 heterocycles. The Morgan fingerprint density at radius 3 is 2.11 bits per heavy atom. The van der Waals surface area contributed by atoms with E-state index in [4.69, 9.17) is 16.3 Å². The van der Waals surface area contributed by atoms with Crippen molar-refractivity contribution < 1.29 is 22.7 Å². The smallest absolute Gasteiger partial charge is 0.255 e. The molecule has 1 atom stereocenters. The summed E-state index contributed by atoms with van der Waals surface area (Å²) in [5, 5.41) is 5.84. The summed E-state index contributed by atoms with van der Waals surface area (Å²) in [6, 6.07) is 17.4. The number of nitrogens with zero attached hydrogens (tertiary/aromatic N) is 1. The monoisotopic (exact) mass is 557 g/mol. The van der Waals surface area contributed by atoms with E-state index in [0.29, 0.717) is 22.0 Å². The van der Waals surface area contributed by atoms with Crippen LogP contribution in [0.2, 0.25) is 5.02 Å². The molecule has 38 heavy (non-hydrogen) atoms. The highest BCUT2D eigenvalue weighted by molar-refractivity contribution is 7.92. The standard InChI is InChI=1S/C28H32ClN3O5S/c1-18(32(38(6,35)36)24-16-21(29)14-15-25(24)37-5)26(33)30-22-8-7-9-23(17-22)31-27(34)19-10-12-20(13-11-19)28(2,3)4/h7-18H,1-6H3,(H,30,33)(H,31,34)/t18-/m0/s1. The maximum Gasteiger partial charge on any atom is 0.255 e. The fraction of sp³-hybridized carbons (Fsp3) is 0.286. The van der Waals surface area contributed by atoms with E-state index in [-0.39, 0.29) is 22.8 Å². The molecule has 0 fully saturated rings. The Hall–Kier alpha value is -3.56. The van der Waals surface area contributed by atoms with Crippen molar-refractivity contribution in [1.29, 1.82) is 0 Å². The van der Waals surface area contributed by atoms with Crippen molar-refractivity contribution in [3.05, 3.63) is 82.9 Å². The predicted octanol–water partition coefficient (Wildman–Crippen LogP) is 5.69. The van der Waals surface area contributed by atoms with Gasteiger partial charge in [0.05, 0.1) is 19.1 Å². The summed E-state index contributed by atoms with van der Waals surface area (Å²) in [6.07, 6.45) is 1.00. The van der Waals surface area contributed by atoms with Crippen molar-refractivity contribution in [3.8, 4) is 5.75 Å². The summed E-state index contributed by atoms with van der Waals surface area (Å²) in [5.74, 6) is -0.628. The normalized spacial score (nSPS) is 12.4. The molecule has 0 radical (unpaired) electrons. The van der Waals surface area contributed by atoms with E-state index in [1.54, 1.807) is 42.5 Å². The summed E-state index contributed by atoms with van der Waals surface area (Å²) in [7, 11) is -2.49. The zero-order valence-corrected chi connectivity index (χ0v) is 23.8. The molecule has 3 rings (SSSR count). The molecule has 0 saturated carbocycles. The quantitative estimate of drug-likeness (QED) is 0.370. The van der Waals surface area contributed by atoms with Crippen LogP contribution in [0.5, 0.6) is 5.75 Å². The first-order valence-electron chi connectivity index (χ1n) is 11.9. The Labute approximate surface area is 229 Å². The summed E-state index contributed by atoms with van der Waals surface area (Å²) < 4.78 is 31.6. The molecule has 0 bridgehead atoms. The lowest BCUT2D eigenvalue weighted by Gasteiger charge is -2.29. The van der Waals surface area contributed by atoms with Gasteiger partial charge in [0.2, 0.25) is 15.9 Å². The van der Waals surface area contributed by atoms with Crippen molar-refractivity contribution in [2.24, 2.45) is 0 Å². The van der Waals surface area contributed by atoms with Gasteiger partial charge in [0.1, 0.15) is 11.8 Å². The summed E-state index contributed by atoms with van der Waals surface area (Å²) in [6.45, 7) is 7.76. The number of carbonyl (C=O) groups is 2. The fourth-order valence-electron chi connectivity index (χ4n) is 3.86. The van der Waals surface area contributed by atoms with Gasteiger partial charge in [-0.1, -0.05) is 50.6 Å². The first-order chi connectivity index (χ1) is 17.7. The number of carbonyl (C=O) groups excluding carboxylic acids is 2. The van der Waals surface area contributed by atoms with Crippen LogP contribution in [-0.2, 0) is 20.2 Å². The second-order valence-electron chi connectivity index (χ2n) is 9.90. The Balaban J connectivity index is 1.78. The van der Waals surface area contributed by atoms with E-state index < -0.39 is 22.0 Å². The van der Waals surface area contributed by atoms with Crippen molar-refractivity contribution in [1.82, 2.24) is 0 Å². The summed E-state index contributed by atoms with van der Waals surface area (Å²) >= 11 is 6.10. The van der Waals surface area contributed by atoms with Gasteiger partial charge in [-0.05, 0) is 66.4 Å². The highest BCUT2D eigenvalue weighted by Gasteiger charge is 2.31. The van der Waals surface area contributed by atoms with Crippen LogP contribution in [0.1, 0.15) is 43.6 Å². The lowest BCUT2D eigenvalue weighted by atomic mass is 9.87. The van der Waals surface area contributed by atoms with Crippen LogP contribution in [-0.4, -0.2) is 39.6 Å². The molecule has 0 aliphatic carbocycles. The number of anilines is 3. The molecule has 0 saturated heterocycles. The third kappa shape index (κ3) is 7.05. The number of hydrogen-bond acceptors (Lipinski definition) is 5. The number of halogens is 1. The van der Waals surface area contributed by atoms with Crippen LogP contribution < -0.4 is 19.7 Å². The molecule has 0 aliphatic heterocycles. The Morgan fingerprint density at radius 2 is 1.55 bits per heavy atom. The number of rotatable bonds is 8. The second kappa shape index (κ2) is 11.4. The van der Waals surface area contributed by atoms with E-state index in [1.807, 2.05) is 12.1 Å². The Bertz CT molecular complexity index is 1430. The topological polar surface area (TPSA) is 105 Å². The highest BCUT2D eigenvalue weighted by atomic mass is 35.5. The number of methoxy groups -OCH3 is 1. The lowest BCUT2D eigenvalue weighted by Crippen LogP contribution is -2.45. The van der Waals surface area contributed by atoms with Gasteiger partial charge in [0.25, 0.3) is 5.91 Å². The van der Waals surface area contributed by atoms with Gasteiger partial charge in [-0.3, -0.25) is 13.9 Å². The molecule has 10 heteroatoms. The van der Waals surface area contributed by atoms with Gasteiger partial charge in [-0.15, -0.1) is 0 Å². The van der Waals surface area contributed by atoms with E-state index in [1.165, 1.54) is 26.2 Å². The van der Waals surface area contributed by atoms with Crippen LogP contribution in [0, 0.1) is 0 Å². The van der Waals surface area contributed by atoms with Gasteiger partial charge in [-0.2, -0.15) is 0 Å². The minimum atomic E-state index is -3.89. The molecule has 0 spiro atoms. The zero-order valence-electron chi connectivity index (χ0n) is 22.2. The third-order valence-corrected chi connectivity index (χ3v) is 7.33. The van der Waals surface area contributed by atoms with Crippen LogP contribution in [0.15, 0.2) is 66.7 Å². The molecule has 3 aromatic rings. The van der Waals surface area contributed by atoms with Crippen LogP contribution >= 0.6 is 11.6 Å². The molecule has 0 unspecified atom stereocenters. The number of sulfonamides is 1. The maximum atomic E-state index is 13.1. The van der Waals surface area contributed by atoms with Crippen LogP contribution in [0.25, 0.3) is 0 Å². The molecular weight excluding hydrogens is 526 g/mol. The van der Waals surface area contributed by atoms with Gasteiger partial charge in [0.15, 0.2) is 0 Å². The van der Waals surface area contributed by atoms with Crippen molar-refractivity contribution in [2.75, 3.05) is 28.3 Å². The minimum absolute atomic E-state index is 0.0245. The van der Waals surface area contributed by atoms with Crippen molar-refractivity contribution >= 4 is 50.5 Å². The van der Waals surface area contributed by atoms with Crippen molar-refractivity contribution in [2.45, 2.75) is 39.2 Å². The predicted molar refractivity (Wildman–Crippen MR) is 153 cm³/mol. The Kier molecular flexibility index (Phi) is 8.74. The molecule has 8 nitrogen and oxygen atoms in total. The van der Waals surface area contributed by atoms with Gasteiger partial charge < -0.3 is 15.4 Å². The number of nitrogens with one attached hydrogen (secondary N) is 2. The minimum Gasteiger partial charge on any atom is -0.495 e. The number of ether oxygens (including phenoxy) is 1. The average molecular weight is 558 g/mol. The molecule has 202 valence electrons. The Morgan fingerprint density at radius 1 is 0.947 bits per heavy atom. The molecule has 2 amide bonds. The summed E-state index contributed by atoms with van der Waals surface area (Å²) in [5.41, 5.74) is 2.59. The highest BCUT2D eigenvalue weighted by Crippen LogP contribution is 2.34. The van der Waals surface area contributed by atoms with Gasteiger partial charge in [0, 0.05) is 22.0 Å². The van der Waals surface area contributed by atoms with Crippen LogP contribution in [0.3, 0.4) is 0 Å². The number of benzene rings is 3. The lowest BCUT2D eigenvalue weighted by molar-refractivity contribution is -0.116. The van der Waals surface area contributed by atoms with Crippen LogP contribution in [0.4, 0.5) is 17.1 Å². The first kappa shape index (κ1) is 29.0. The van der Waals surface area contributed by atoms with Crippen molar-refractivity contribution in [3.63, 3.8) is 0 Å². The average Bonchev–Trinajstić information content (AvgIpc) is 2.83. The molecule has 0 aromatic heterocycles. The van der Waals surface area contributed by atoms with E-state index in [0.717, 1.165) is 16.1 Å². The first-order valence-corrected chi connectivity index (χ1v) is 14.1. The molecule has 0 aliphatic rings. The van der Waals surface area contributed by atoms with Gasteiger partial charge in [-0.25, -0.2) is 8.42 Å². The SMILES string of the molecule is COc1ccc(Cl)cc1N([C@@H](C)C(=O)Nc1cccc(NC(=O)c2ccc(C(C)(C)C)cc2)c1)S(C)(=O)=O. The van der Waals surface area contributed by atoms with E-state index in [2.05, 4.69) is 31.4 Å². The zero-order chi connectivity index (χ0) is 28.3. The fourth-order valence-corrected chi connectivity index (χ4v) is 5.20. The molecule has 2 N–H and O–H groups in total. The maximum absolute atomic E-state index is 13.1. The third-order valence-electron chi connectivity index (χ3n) is 5.87. The second-order valence-corrected chi connectivity index (χ2v) is 12.2. The summed E-state index contributed by atoms with van der Waals surface area (Å²) in [4.78, 5) is 25.9. The largest absolute Gasteiger partial charge is 0.495 e. The van der Waals surface area contributed by atoms with E-state index in [9.17, 15) is 18.0 Å². The number of hydrogen-bond donors (Lipinski definition) is 2. The molecule has 3 aromatic carbocycles. The van der Waals surface area contributed by atoms with E-state index >= 15 is 0 Å². The number of amides is 2. The van der Waals surface area contributed by atoms with Gasteiger partial charge >= 0.3 is 0 Å².